The molecule has 0 saturated carbocycles. The number of aliphatic imine (C=N–C) groups is 1. The maximum absolute atomic E-state index is 9.80. The van der Waals surface area contributed by atoms with Gasteiger partial charge >= 0.3 is 5.97 Å². The minimum atomic E-state index is -0.956. The Morgan fingerprint density at radius 3 is 2.14 bits per heavy atom. The summed E-state index contributed by atoms with van der Waals surface area (Å²) in [6, 6.07) is 0. The Balaban J connectivity index is 3.82. The van der Waals surface area contributed by atoms with Crippen molar-refractivity contribution in [2.45, 2.75) is 6.92 Å². The average Bonchev–Trinajstić information content (AvgIpc) is 1.65. The summed E-state index contributed by atoms with van der Waals surface area (Å²) in [5.74, 6) is -0.956. The molecule has 7 heavy (non-hydrogen) atoms. The third kappa shape index (κ3) is 1.92. The van der Waals surface area contributed by atoms with Gasteiger partial charge in [0.15, 0.2) is 0 Å². The molecule has 0 atom stereocenters. The van der Waals surface area contributed by atoms with Crippen molar-refractivity contribution in [2.75, 3.05) is 7.05 Å². The van der Waals surface area contributed by atoms with Gasteiger partial charge in [-0.2, -0.15) is 0 Å². The Hall–Kier alpha value is -0.860. The molecule has 0 aromatic heterocycles. The zero-order valence-corrected chi connectivity index (χ0v) is 4.30. The van der Waals surface area contributed by atoms with Gasteiger partial charge in [0, 0.05) is 7.05 Å². The lowest BCUT2D eigenvalue weighted by Gasteiger charge is -1.83. The first-order valence-electron chi connectivity index (χ1n) is 1.85. The Morgan fingerprint density at radius 1 is 1.71 bits per heavy atom. The van der Waals surface area contributed by atoms with Crippen LogP contribution in [-0.2, 0) is 4.79 Å². The number of carboxylic acid groups (broad SMARTS) is 1. The average molecular weight is 101 g/mol. The molecule has 0 aliphatic rings. The van der Waals surface area contributed by atoms with Crippen LogP contribution in [0.2, 0.25) is 0 Å². The monoisotopic (exact) mass is 101 g/mol. The van der Waals surface area contributed by atoms with Crippen LogP contribution in [0.15, 0.2) is 4.99 Å². The molecule has 1 N–H and O–H groups in total. The van der Waals surface area contributed by atoms with Gasteiger partial charge < -0.3 is 5.11 Å². The summed E-state index contributed by atoms with van der Waals surface area (Å²) in [5, 5.41) is 8.05. The molecule has 40 valence electrons. The predicted octanol–water partition coefficient (Wildman–Crippen LogP) is 0.162. The van der Waals surface area contributed by atoms with Gasteiger partial charge in [-0.25, -0.2) is 4.79 Å². The Labute approximate surface area is 41.7 Å². The van der Waals surface area contributed by atoms with Gasteiger partial charge in [-0.3, -0.25) is 4.99 Å². The Bertz CT molecular complexity index is 106. The van der Waals surface area contributed by atoms with Crippen molar-refractivity contribution >= 4 is 11.7 Å². The first-order valence-corrected chi connectivity index (χ1v) is 1.85. The van der Waals surface area contributed by atoms with Gasteiger partial charge in [0.1, 0.15) is 5.71 Å². The molecule has 0 amide bonds. The van der Waals surface area contributed by atoms with E-state index in [0.717, 1.165) is 0 Å². The number of hydrogen-bond donors (Lipinski definition) is 1. The van der Waals surface area contributed by atoms with E-state index in [1.807, 2.05) is 0 Å². The number of rotatable bonds is 1. The second-order valence-corrected chi connectivity index (χ2v) is 1.11. The van der Waals surface area contributed by atoms with E-state index < -0.39 is 5.97 Å². The van der Waals surface area contributed by atoms with E-state index in [-0.39, 0.29) is 5.71 Å². The SMILES string of the molecule is CN=C(C)C(=O)O. The van der Waals surface area contributed by atoms with Crippen molar-refractivity contribution in [3.05, 3.63) is 0 Å². The Morgan fingerprint density at radius 2 is 2.14 bits per heavy atom. The van der Waals surface area contributed by atoms with Crippen LogP contribution in [0.3, 0.4) is 0 Å². The van der Waals surface area contributed by atoms with Crippen molar-refractivity contribution < 1.29 is 9.90 Å². The van der Waals surface area contributed by atoms with Crippen LogP contribution in [-0.4, -0.2) is 23.8 Å². The molecule has 0 radical (unpaired) electrons. The maximum atomic E-state index is 9.80. The molecule has 0 spiro atoms. The summed E-state index contributed by atoms with van der Waals surface area (Å²) in [5.41, 5.74) is 0.139. The molecule has 0 heterocycles. The van der Waals surface area contributed by atoms with E-state index >= 15 is 0 Å². The zero-order valence-electron chi connectivity index (χ0n) is 4.30. The number of carbonyl (C=O) groups is 1. The van der Waals surface area contributed by atoms with E-state index in [0.29, 0.717) is 0 Å². The summed E-state index contributed by atoms with van der Waals surface area (Å²) < 4.78 is 0. The molecular weight excluding hydrogens is 94.0 g/mol. The van der Waals surface area contributed by atoms with Gasteiger partial charge in [0.05, 0.1) is 0 Å². The van der Waals surface area contributed by atoms with Crippen LogP contribution >= 0.6 is 0 Å². The van der Waals surface area contributed by atoms with E-state index in [9.17, 15) is 4.79 Å². The topological polar surface area (TPSA) is 49.7 Å². The van der Waals surface area contributed by atoms with E-state index in [2.05, 4.69) is 4.99 Å². The smallest absolute Gasteiger partial charge is 0.349 e. The van der Waals surface area contributed by atoms with E-state index in [4.69, 9.17) is 5.11 Å². The van der Waals surface area contributed by atoms with Crippen molar-refractivity contribution in [2.24, 2.45) is 4.99 Å². The van der Waals surface area contributed by atoms with Crippen LogP contribution in [0.4, 0.5) is 0 Å². The molecule has 0 rings (SSSR count). The van der Waals surface area contributed by atoms with Crippen LogP contribution in [0, 0.1) is 0 Å². The lowest BCUT2D eigenvalue weighted by Crippen LogP contribution is -2.06. The molecule has 0 bridgehead atoms. The Kier molecular flexibility index (Phi) is 2.05. The zero-order chi connectivity index (χ0) is 5.86. The number of hydrogen-bond acceptors (Lipinski definition) is 2. The quantitative estimate of drug-likeness (QED) is 0.478. The van der Waals surface area contributed by atoms with Crippen molar-refractivity contribution in [1.82, 2.24) is 0 Å². The summed E-state index contributed by atoms with van der Waals surface area (Å²) in [4.78, 5) is 13.2. The van der Waals surface area contributed by atoms with E-state index in [1.54, 1.807) is 0 Å². The highest BCUT2D eigenvalue weighted by Gasteiger charge is 1.95. The minimum Gasteiger partial charge on any atom is -0.477 e. The lowest BCUT2D eigenvalue weighted by atomic mass is 10.4. The second kappa shape index (κ2) is 2.34. The van der Waals surface area contributed by atoms with Crippen LogP contribution in [0.1, 0.15) is 6.92 Å². The fraction of sp³-hybridized carbons (Fsp3) is 0.500. The predicted molar refractivity (Wildman–Crippen MR) is 26.7 cm³/mol. The van der Waals surface area contributed by atoms with Gasteiger partial charge in [-0.1, -0.05) is 0 Å². The van der Waals surface area contributed by atoms with Crippen molar-refractivity contribution in [1.29, 1.82) is 0 Å². The molecule has 0 unspecified atom stereocenters. The van der Waals surface area contributed by atoms with Crippen molar-refractivity contribution in [3.63, 3.8) is 0 Å². The number of carboxylic acids is 1. The molecule has 0 aromatic carbocycles. The summed E-state index contributed by atoms with van der Waals surface area (Å²) in [7, 11) is 1.45. The van der Waals surface area contributed by atoms with Gasteiger partial charge in [-0.15, -0.1) is 0 Å². The van der Waals surface area contributed by atoms with Crippen LogP contribution < -0.4 is 0 Å². The van der Waals surface area contributed by atoms with Crippen LogP contribution in [0.5, 0.6) is 0 Å². The third-order valence-corrected chi connectivity index (χ3v) is 0.645. The molecule has 0 fully saturated rings. The fourth-order valence-corrected chi connectivity index (χ4v) is 0.0956. The molecule has 3 heteroatoms. The first-order chi connectivity index (χ1) is 3.18. The van der Waals surface area contributed by atoms with Gasteiger partial charge in [0.2, 0.25) is 0 Å². The highest BCUT2D eigenvalue weighted by atomic mass is 16.4. The highest BCUT2D eigenvalue weighted by Crippen LogP contribution is 1.70. The summed E-state index contributed by atoms with van der Waals surface area (Å²) in [6.45, 7) is 1.45. The normalized spacial score (nSPS) is 11.4. The molecule has 0 aliphatic carbocycles. The summed E-state index contributed by atoms with van der Waals surface area (Å²) >= 11 is 0. The molecular formula is C4H7NO2. The second-order valence-electron chi connectivity index (χ2n) is 1.11. The van der Waals surface area contributed by atoms with Crippen LogP contribution in [0.25, 0.3) is 0 Å². The maximum Gasteiger partial charge on any atom is 0.349 e. The molecule has 0 saturated heterocycles. The highest BCUT2D eigenvalue weighted by molar-refractivity contribution is 6.34. The number of nitrogens with zero attached hydrogens (tertiary/aromatic N) is 1. The molecule has 0 aromatic rings. The summed E-state index contributed by atoms with van der Waals surface area (Å²) in [6.07, 6.45) is 0. The minimum absolute atomic E-state index is 0.139. The largest absolute Gasteiger partial charge is 0.477 e. The fourth-order valence-electron chi connectivity index (χ4n) is 0.0956. The molecule has 0 aliphatic heterocycles. The third-order valence-electron chi connectivity index (χ3n) is 0.645. The number of aliphatic carboxylic acids is 1. The standard InChI is InChI=1S/C4H7NO2/c1-3(5-2)4(6)7/h1-2H3,(H,6,7). The van der Waals surface area contributed by atoms with Gasteiger partial charge in [0.25, 0.3) is 0 Å². The lowest BCUT2D eigenvalue weighted by molar-refractivity contribution is -0.129. The first kappa shape index (κ1) is 6.14. The molecule has 3 nitrogen and oxygen atoms in total. The van der Waals surface area contributed by atoms with Crippen molar-refractivity contribution in [3.8, 4) is 0 Å². The van der Waals surface area contributed by atoms with E-state index in [1.165, 1.54) is 14.0 Å². The van der Waals surface area contributed by atoms with Gasteiger partial charge in [-0.05, 0) is 6.92 Å².